The zero-order valence-electron chi connectivity index (χ0n) is 11.5. The van der Waals surface area contributed by atoms with Gasteiger partial charge >= 0.3 is 0 Å². The topological polar surface area (TPSA) is 15.3 Å². The van der Waals surface area contributed by atoms with Crippen LogP contribution in [-0.4, -0.2) is 30.6 Å². The van der Waals surface area contributed by atoms with Crippen molar-refractivity contribution in [1.82, 2.24) is 10.2 Å². The zero-order valence-corrected chi connectivity index (χ0v) is 11.5. The number of hydrogen-bond acceptors (Lipinski definition) is 2. The molecular formula is C15H23FN2. The van der Waals surface area contributed by atoms with Crippen molar-refractivity contribution in [3.63, 3.8) is 0 Å². The molecular weight excluding hydrogens is 227 g/mol. The third-order valence-electron chi connectivity index (χ3n) is 4.09. The Balaban J connectivity index is 1.88. The number of benzene rings is 1. The number of likely N-dealkylation sites (tertiary alicyclic amines) is 1. The first-order valence-electron chi connectivity index (χ1n) is 6.74. The minimum Gasteiger partial charge on any atom is -0.310 e. The highest BCUT2D eigenvalue weighted by molar-refractivity contribution is 5.15. The molecule has 2 nitrogen and oxygen atoms in total. The summed E-state index contributed by atoms with van der Waals surface area (Å²) >= 11 is 0. The first-order valence-corrected chi connectivity index (χ1v) is 6.74. The molecule has 0 spiro atoms. The van der Waals surface area contributed by atoms with Gasteiger partial charge in [0, 0.05) is 25.2 Å². The van der Waals surface area contributed by atoms with E-state index in [0.29, 0.717) is 18.0 Å². The van der Waals surface area contributed by atoms with Crippen LogP contribution >= 0.6 is 0 Å². The summed E-state index contributed by atoms with van der Waals surface area (Å²) in [6.07, 6.45) is 1.18. The number of piperidine rings is 1. The Morgan fingerprint density at radius 3 is 2.61 bits per heavy atom. The van der Waals surface area contributed by atoms with Crippen molar-refractivity contribution in [2.24, 2.45) is 5.92 Å². The fraction of sp³-hybridized carbons (Fsp3) is 0.600. The van der Waals surface area contributed by atoms with Gasteiger partial charge in [0.15, 0.2) is 0 Å². The molecule has 1 aromatic rings. The van der Waals surface area contributed by atoms with Crippen molar-refractivity contribution in [3.8, 4) is 0 Å². The Morgan fingerprint density at radius 1 is 1.28 bits per heavy atom. The molecule has 0 aliphatic carbocycles. The molecule has 1 heterocycles. The second-order valence-corrected chi connectivity index (χ2v) is 5.62. The first-order chi connectivity index (χ1) is 8.56. The summed E-state index contributed by atoms with van der Waals surface area (Å²) < 4.78 is 12.8. The highest BCUT2D eigenvalue weighted by Crippen LogP contribution is 2.21. The Labute approximate surface area is 109 Å². The normalized spacial score (nSPS) is 29.4. The predicted molar refractivity (Wildman–Crippen MR) is 72.9 cm³/mol. The Bertz CT molecular complexity index is 377. The van der Waals surface area contributed by atoms with Crippen molar-refractivity contribution in [1.29, 1.82) is 0 Å². The van der Waals surface area contributed by atoms with E-state index in [2.05, 4.69) is 31.1 Å². The summed E-state index contributed by atoms with van der Waals surface area (Å²) in [4.78, 5) is 2.42. The highest BCUT2D eigenvalue weighted by atomic mass is 19.1. The van der Waals surface area contributed by atoms with Gasteiger partial charge in [-0.15, -0.1) is 0 Å². The zero-order chi connectivity index (χ0) is 13.1. The van der Waals surface area contributed by atoms with Gasteiger partial charge in [-0.25, -0.2) is 4.39 Å². The second kappa shape index (κ2) is 5.81. The van der Waals surface area contributed by atoms with Crippen molar-refractivity contribution in [2.75, 3.05) is 13.6 Å². The molecule has 0 bridgehead atoms. The molecule has 1 aromatic carbocycles. The maximum Gasteiger partial charge on any atom is 0.123 e. The lowest BCUT2D eigenvalue weighted by Gasteiger charge is -2.40. The summed E-state index contributed by atoms with van der Waals surface area (Å²) in [6, 6.07) is 7.94. The highest BCUT2D eigenvalue weighted by Gasteiger charge is 2.28. The minimum atomic E-state index is -0.167. The van der Waals surface area contributed by atoms with Crippen molar-refractivity contribution in [3.05, 3.63) is 35.6 Å². The molecule has 1 aliphatic heterocycles. The van der Waals surface area contributed by atoms with Gasteiger partial charge in [0.05, 0.1) is 0 Å². The maximum atomic E-state index is 12.8. The summed E-state index contributed by atoms with van der Waals surface area (Å²) in [5.74, 6) is 0.492. The van der Waals surface area contributed by atoms with Gasteiger partial charge in [-0.05, 0) is 44.0 Å². The number of halogens is 1. The van der Waals surface area contributed by atoms with Crippen LogP contribution in [0.1, 0.15) is 25.8 Å². The largest absolute Gasteiger partial charge is 0.310 e. The van der Waals surface area contributed by atoms with E-state index in [4.69, 9.17) is 0 Å². The summed E-state index contributed by atoms with van der Waals surface area (Å²) in [5, 5.41) is 3.61. The lowest BCUT2D eigenvalue weighted by molar-refractivity contribution is 0.121. The van der Waals surface area contributed by atoms with Crippen LogP contribution in [-0.2, 0) is 6.54 Å². The van der Waals surface area contributed by atoms with E-state index in [0.717, 1.165) is 18.7 Å². The Hall–Kier alpha value is -0.930. The predicted octanol–water partition coefficient (Wildman–Crippen LogP) is 2.64. The molecule has 0 saturated carbocycles. The summed E-state index contributed by atoms with van der Waals surface area (Å²) in [5.41, 5.74) is 1.15. The monoisotopic (exact) mass is 250 g/mol. The van der Waals surface area contributed by atoms with E-state index < -0.39 is 0 Å². The molecule has 0 radical (unpaired) electrons. The van der Waals surface area contributed by atoms with Crippen molar-refractivity contribution < 1.29 is 4.39 Å². The van der Waals surface area contributed by atoms with E-state index >= 15 is 0 Å². The van der Waals surface area contributed by atoms with Gasteiger partial charge in [-0.1, -0.05) is 19.1 Å². The molecule has 3 heteroatoms. The molecule has 1 aliphatic rings. The molecule has 3 unspecified atom stereocenters. The summed E-state index contributed by atoms with van der Waals surface area (Å²) in [6.45, 7) is 6.54. The standard InChI is InChI=1S/C15H23FN2/c1-11-10-18(3)12(2)8-15(11)17-9-13-4-6-14(16)7-5-13/h4-7,11-12,15,17H,8-10H2,1-3H3. The Kier molecular flexibility index (Phi) is 4.36. The molecule has 1 N–H and O–H groups in total. The lowest BCUT2D eigenvalue weighted by Crippen LogP contribution is -2.50. The fourth-order valence-electron chi connectivity index (χ4n) is 2.68. The molecule has 2 rings (SSSR count). The molecule has 0 amide bonds. The van der Waals surface area contributed by atoms with Crippen LogP contribution in [0.5, 0.6) is 0 Å². The average molecular weight is 250 g/mol. The average Bonchev–Trinajstić information content (AvgIpc) is 2.34. The van der Waals surface area contributed by atoms with E-state index in [1.54, 1.807) is 0 Å². The van der Waals surface area contributed by atoms with Crippen LogP contribution in [0.4, 0.5) is 4.39 Å². The fourth-order valence-corrected chi connectivity index (χ4v) is 2.68. The van der Waals surface area contributed by atoms with Crippen LogP contribution < -0.4 is 5.32 Å². The van der Waals surface area contributed by atoms with Gasteiger partial charge in [-0.3, -0.25) is 0 Å². The van der Waals surface area contributed by atoms with Crippen molar-refractivity contribution >= 4 is 0 Å². The van der Waals surface area contributed by atoms with E-state index in [-0.39, 0.29) is 5.82 Å². The molecule has 100 valence electrons. The van der Waals surface area contributed by atoms with E-state index in [1.165, 1.54) is 18.6 Å². The van der Waals surface area contributed by atoms with Crippen molar-refractivity contribution in [2.45, 2.75) is 38.9 Å². The Morgan fingerprint density at radius 2 is 1.94 bits per heavy atom. The maximum absolute atomic E-state index is 12.8. The third-order valence-corrected chi connectivity index (χ3v) is 4.09. The van der Waals surface area contributed by atoms with Gasteiger partial charge in [0.1, 0.15) is 5.82 Å². The molecule has 1 saturated heterocycles. The van der Waals surface area contributed by atoms with Crippen LogP contribution in [0, 0.1) is 11.7 Å². The van der Waals surface area contributed by atoms with Crippen LogP contribution in [0.2, 0.25) is 0 Å². The quantitative estimate of drug-likeness (QED) is 0.887. The van der Waals surface area contributed by atoms with E-state index in [9.17, 15) is 4.39 Å². The van der Waals surface area contributed by atoms with Gasteiger partial charge in [0.25, 0.3) is 0 Å². The van der Waals surface area contributed by atoms with Gasteiger partial charge in [-0.2, -0.15) is 0 Å². The van der Waals surface area contributed by atoms with E-state index in [1.807, 2.05) is 12.1 Å². The SMILES string of the molecule is CC1CN(C)C(C)CC1NCc1ccc(F)cc1. The number of hydrogen-bond donors (Lipinski definition) is 1. The third kappa shape index (κ3) is 3.30. The van der Waals surface area contributed by atoms with Crippen LogP contribution in [0.3, 0.4) is 0 Å². The van der Waals surface area contributed by atoms with Crippen LogP contribution in [0.15, 0.2) is 24.3 Å². The number of rotatable bonds is 3. The minimum absolute atomic E-state index is 0.167. The van der Waals surface area contributed by atoms with Gasteiger partial charge < -0.3 is 10.2 Å². The molecule has 18 heavy (non-hydrogen) atoms. The molecule has 0 aromatic heterocycles. The molecule has 3 atom stereocenters. The number of nitrogens with one attached hydrogen (secondary N) is 1. The van der Waals surface area contributed by atoms with Gasteiger partial charge in [0.2, 0.25) is 0 Å². The second-order valence-electron chi connectivity index (χ2n) is 5.62. The number of nitrogens with zero attached hydrogens (tertiary/aromatic N) is 1. The summed E-state index contributed by atoms with van der Waals surface area (Å²) in [7, 11) is 2.19. The smallest absolute Gasteiger partial charge is 0.123 e. The lowest BCUT2D eigenvalue weighted by atomic mass is 9.90. The van der Waals surface area contributed by atoms with Crippen LogP contribution in [0.25, 0.3) is 0 Å². The first kappa shape index (κ1) is 13.5. The molecule has 1 fully saturated rings.